The second kappa shape index (κ2) is 5.65. The lowest BCUT2D eigenvalue weighted by atomic mass is 10.2. The van der Waals surface area contributed by atoms with E-state index in [1.807, 2.05) is 19.1 Å². The number of allylic oxidation sites excluding steroid dienone is 1. The molecule has 0 radical (unpaired) electrons. The minimum atomic E-state index is -0.502. The Labute approximate surface area is 85.7 Å². The molecule has 4 heteroatoms. The summed E-state index contributed by atoms with van der Waals surface area (Å²) in [6.07, 6.45) is 4.22. The van der Waals surface area contributed by atoms with Crippen LogP contribution in [-0.4, -0.2) is 23.2 Å². The predicted molar refractivity (Wildman–Crippen MR) is 56.6 cm³/mol. The number of hydrazine groups is 1. The Bertz CT molecular complexity index is 207. The molecule has 0 saturated heterocycles. The SMILES string of the molecule is CC/C=C/CN(N)C(=O)OC(C)(C)C. The van der Waals surface area contributed by atoms with Crippen molar-refractivity contribution in [2.45, 2.75) is 39.7 Å². The van der Waals surface area contributed by atoms with Crippen LogP contribution in [-0.2, 0) is 4.74 Å². The Balaban J connectivity index is 3.94. The van der Waals surface area contributed by atoms with Gasteiger partial charge in [0.2, 0.25) is 0 Å². The van der Waals surface area contributed by atoms with Crippen LogP contribution in [0.5, 0.6) is 0 Å². The van der Waals surface area contributed by atoms with Crippen LogP contribution in [0, 0.1) is 0 Å². The zero-order valence-corrected chi connectivity index (χ0v) is 9.41. The second-order valence-electron chi connectivity index (χ2n) is 4.01. The van der Waals surface area contributed by atoms with Crippen molar-refractivity contribution in [2.75, 3.05) is 6.54 Å². The zero-order chi connectivity index (χ0) is 11.2. The van der Waals surface area contributed by atoms with Crippen LogP contribution in [0.4, 0.5) is 4.79 Å². The van der Waals surface area contributed by atoms with E-state index in [4.69, 9.17) is 10.6 Å². The van der Waals surface area contributed by atoms with Crippen LogP contribution in [0.25, 0.3) is 0 Å². The minimum Gasteiger partial charge on any atom is -0.443 e. The van der Waals surface area contributed by atoms with Crippen molar-refractivity contribution in [3.05, 3.63) is 12.2 Å². The molecule has 0 spiro atoms. The minimum absolute atomic E-state index is 0.378. The van der Waals surface area contributed by atoms with Crippen LogP contribution in [0.3, 0.4) is 0 Å². The molecule has 0 aromatic heterocycles. The molecule has 0 unspecified atom stereocenters. The Morgan fingerprint density at radius 2 is 2.00 bits per heavy atom. The Morgan fingerprint density at radius 3 is 2.43 bits per heavy atom. The maximum atomic E-state index is 11.3. The standard InChI is InChI=1S/C10H20N2O2/c1-5-6-7-8-12(11)9(13)14-10(2,3)4/h6-7H,5,8,11H2,1-4H3/b7-6+. The van der Waals surface area contributed by atoms with Gasteiger partial charge in [0.15, 0.2) is 0 Å². The quantitative estimate of drug-likeness (QED) is 0.328. The van der Waals surface area contributed by atoms with E-state index in [9.17, 15) is 4.79 Å². The fourth-order valence-electron chi connectivity index (χ4n) is 0.750. The number of hydrogen-bond acceptors (Lipinski definition) is 3. The summed E-state index contributed by atoms with van der Waals surface area (Å²) in [5.41, 5.74) is -0.497. The van der Waals surface area contributed by atoms with Gasteiger partial charge in [0.25, 0.3) is 0 Å². The molecule has 14 heavy (non-hydrogen) atoms. The first-order valence-electron chi connectivity index (χ1n) is 4.77. The van der Waals surface area contributed by atoms with Gasteiger partial charge in [-0.15, -0.1) is 0 Å². The first kappa shape index (κ1) is 13.0. The van der Waals surface area contributed by atoms with Gasteiger partial charge >= 0.3 is 6.09 Å². The first-order valence-corrected chi connectivity index (χ1v) is 4.77. The van der Waals surface area contributed by atoms with Gasteiger partial charge in [-0.05, 0) is 27.2 Å². The molecule has 0 saturated carbocycles. The van der Waals surface area contributed by atoms with Crippen molar-refractivity contribution in [1.29, 1.82) is 0 Å². The third-order valence-electron chi connectivity index (χ3n) is 1.33. The highest BCUT2D eigenvalue weighted by molar-refractivity contribution is 5.67. The summed E-state index contributed by atoms with van der Waals surface area (Å²) in [7, 11) is 0. The molecule has 1 amide bonds. The molecule has 0 atom stereocenters. The fraction of sp³-hybridized carbons (Fsp3) is 0.700. The molecular formula is C10H20N2O2. The molecule has 0 aliphatic heterocycles. The molecule has 2 N–H and O–H groups in total. The number of rotatable bonds is 3. The molecular weight excluding hydrogens is 180 g/mol. The van der Waals surface area contributed by atoms with E-state index in [1.54, 1.807) is 20.8 Å². The lowest BCUT2D eigenvalue weighted by Crippen LogP contribution is -2.41. The summed E-state index contributed by atoms with van der Waals surface area (Å²) in [6.45, 7) is 7.81. The van der Waals surface area contributed by atoms with E-state index in [2.05, 4.69) is 0 Å². The maximum Gasteiger partial charge on any atom is 0.424 e. The average Bonchev–Trinajstić information content (AvgIpc) is 2.01. The number of carbonyl (C=O) groups excluding carboxylic acids is 1. The predicted octanol–water partition coefficient (Wildman–Crippen LogP) is 2.06. The van der Waals surface area contributed by atoms with Crippen molar-refractivity contribution in [1.82, 2.24) is 5.01 Å². The molecule has 0 aromatic carbocycles. The van der Waals surface area contributed by atoms with Crippen molar-refractivity contribution in [3.8, 4) is 0 Å². The van der Waals surface area contributed by atoms with Crippen LogP contribution in [0.1, 0.15) is 34.1 Å². The monoisotopic (exact) mass is 200 g/mol. The topological polar surface area (TPSA) is 55.6 Å². The summed E-state index contributed by atoms with van der Waals surface area (Å²) < 4.78 is 5.06. The van der Waals surface area contributed by atoms with E-state index in [0.717, 1.165) is 11.4 Å². The van der Waals surface area contributed by atoms with Crippen molar-refractivity contribution in [3.63, 3.8) is 0 Å². The third-order valence-corrected chi connectivity index (χ3v) is 1.33. The van der Waals surface area contributed by atoms with Crippen molar-refractivity contribution >= 4 is 6.09 Å². The zero-order valence-electron chi connectivity index (χ0n) is 9.41. The summed E-state index contributed by atoms with van der Waals surface area (Å²) in [6, 6.07) is 0. The Kier molecular flexibility index (Phi) is 5.23. The molecule has 0 aliphatic rings. The second-order valence-corrected chi connectivity index (χ2v) is 4.01. The lowest BCUT2D eigenvalue weighted by Gasteiger charge is -2.23. The van der Waals surface area contributed by atoms with Crippen LogP contribution in [0.2, 0.25) is 0 Å². The largest absolute Gasteiger partial charge is 0.443 e. The maximum absolute atomic E-state index is 11.3. The third kappa shape index (κ3) is 6.48. The van der Waals surface area contributed by atoms with Crippen LogP contribution < -0.4 is 5.84 Å². The Morgan fingerprint density at radius 1 is 1.43 bits per heavy atom. The molecule has 0 heterocycles. The number of nitrogens with two attached hydrogens (primary N) is 1. The van der Waals surface area contributed by atoms with Gasteiger partial charge in [0.1, 0.15) is 5.60 Å². The fourth-order valence-corrected chi connectivity index (χ4v) is 0.750. The van der Waals surface area contributed by atoms with E-state index in [1.165, 1.54) is 0 Å². The molecule has 0 aliphatic carbocycles. The lowest BCUT2D eigenvalue weighted by molar-refractivity contribution is 0.0270. The molecule has 4 nitrogen and oxygen atoms in total. The number of amides is 1. The van der Waals surface area contributed by atoms with Crippen LogP contribution >= 0.6 is 0 Å². The van der Waals surface area contributed by atoms with E-state index in [-0.39, 0.29) is 0 Å². The van der Waals surface area contributed by atoms with Gasteiger partial charge < -0.3 is 4.74 Å². The molecule has 0 fully saturated rings. The van der Waals surface area contributed by atoms with E-state index >= 15 is 0 Å². The highest BCUT2D eigenvalue weighted by atomic mass is 16.6. The smallest absolute Gasteiger partial charge is 0.424 e. The summed E-state index contributed by atoms with van der Waals surface area (Å²) in [4.78, 5) is 11.3. The molecule has 0 rings (SSSR count). The normalized spacial score (nSPS) is 11.8. The summed E-state index contributed by atoms with van der Waals surface area (Å²) in [5, 5.41) is 1.05. The molecule has 0 bridgehead atoms. The van der Waals surface area contributed by atoms with Gasteiger partial charge in [-0.1, -0.05) is 19.1 Å². The number of ether oxygens (including phenoxy) is 1. The highest BCUT2D eigenvalue weighted by Crippen LogP contribution is 2.08. The van der Waals surface area contributed by atoms with E-state index < -0.39 is 11.7 Å². The van der Waals surface area contributed by atoms with Gasteiger partial charge in [-0.25, -0.2) is 15.6 Å². The van der Waals surface area contributed by atoms with Crippen molar-refractivity contribution in [2.24, 2.45) is 5.84 Å². The van der Waals surface area contributed by atoms with Crippen LogP contribution in [0.15, 0.2) is 12.2 Å². The average molecular weight is 200 g/mol. The van der Waals surface area contributed by atoms with Gasteiger partial charge in [0.05, 0.1) is 6.54 Å². The van der Waals surface area contributed by atoms with Gasteiger partial charge in [-0.3, -0.25) is 0 Å². The number of hydrogen-bond donors (Lipinski definition) is 1. The number of nitrogens with zero attached hydrogens (tertiary/aromatic N) is 1. The molecule has 82 valence electrons. The Hall–Kier alpha value is -1.03. The van der Waals surface area contributed by atoms with Crippen molar-refractivity contribution < 1.29 is 9.53 Å². The summed E-state index contributed by atoms with van der Waals surface area (Å²) in [5.74, 6) is 5.47. The summed E-state index contributed by atoms with van der Waals surface area (Å²) >= 11 is 0. The van der Waals surface area contributed by atoms with Gasteiger partial charge in [-0.2, -0.15) is 0 Å². The molecule has 0 aromatic rings. The first-order chi connectivity index (χ1) is 6.37. The van der Waals surface area contributed by atoms with E-state index in [0.29, 0.717) is 6.54 Å². The highest BCUT2D eigenvalue weighted by Gasteiger charge is 2.18. The van der Waals surface area contributed by atoms with Gasteiger partial charge in [0, 0.05) is 0 Å². The number of carbonyl (C=O) groups is 1.